The number of hydrogen-bond acceptors (Lipinski definition) is 7. The monoisotopic (exact) mass is 689 g/mol. The fourth-order valence-corrected chi connectivity index (χ4v) is 6.65. The van der Waals surface area contributed by atoms with Gasteiger partial charge in [-0.2, -0.15) is 0 Å². The molecule has 0 bridgehead atoms. The number of fused-ring (bicyclic) bond motifs is 3. The molecule has 11 heteroatoms. The molecular formula is C35H42Cl3N3O5. The van der Waals surface area contributed by atoms with Gasteiger partial charge >= 0.3 is 0 Å². The maximum Gasteiger partial charge on any atom is 0.287 e. The Labute approximate surface area is 285 Å². The Hall–Kier alpha value is -3.20. The smallest absolute Gasteiger partial charge is 0.287 e. The predicted octanol–water partition coefficient (Wildman–Crippen LogP) is 8.93. The molecule has 5 rings (SSSR count). The summed E-state index contributed by atoms with van der Waals surface area (Å²) in [7, 11) is 3.00. The van der Waals surface area contributed by atoms with Crippen molar-refractivity contribution < 1.29 is 18.7 Å². The van der Waals surface area contributed by atoms with Crippen molar-refractivity contribution in [2.75, 3.05) is 32.6 Å². The molecule has 0 fully saturated rings. The van der Waals surface area contributed by atoms with E-state index >= 15 is 0 Å². The molecule has 1 aliphatic carbocycles. The van der Waals surface area contributed by atoms with E-state index in [2.05, 4.69) is 10.6 Å². The first kappa shape index (κ1) is 35.7. The normalized spacial score (nSPS) is 12.4. The second-order valence-corrected chi connectivity index (χ2v) is 12.4. The molecule has 46 heavy (non-hydrogen) atoms. The summed E-state index contributed by atoms with van der Waals surface area (Å²) in [5, 5.41) is 9.16. The standard InChI is InChI=1S/C35H41Cl2N3O5.ClH/c1-43-30-19-24-28(41)20-32(45-29(24)21-31(30)44-2)35(42)39-16-12-8-6-4-3-5-7-11-15-38-34-23-13-9-10-14-26(23)40-27-18-22(36)17-25(37)33(27)34;/h17-21H,3-16H2,1-2H3,(H,38,40)(H,39,42);1H. The molecule has 2 aromatic carbocycles. The summed E-state index contributed by atoms with van der Waals surface area (Å²) in [5.41, 5.74) is 4.48. The van der Waals surface area contributed by atoms with Crippen molar-refractivity contribution in [2.24, 2.45) is 0 Å². The van der Waals surface area contributed by atoms with E-state index in [9.17, 15) is 9.59 Å². The summed E-state index contributed by atoms with van der Waals surface area (Å²) in [6.45, 7) is 1.44. The SMILES string of the molecule is COc1cc2oc(C(=O)NCCCCCCCCCCNc3c4c(nc5cc(Cl)cc(Cl)c35)CCCC4)cc(=O)c2cc1OC.Cl. The number of aromatic nitrogens is 1. The van der Waals surface area contributed by atoms with E-state index in [1.54, 1.807) is 18.2 Å². The van der Waals surface area contributed by atoms with E-state index in [-0.39, 0.29) is 29.2 Å². The quantitative estimate of drug-likeness (QED) is 0.120. The third kappa shape index (κ3) is 8.58. The Morgan fingerprint density at radius 3 is 2.24 bits per heavy atom. The average Bonchev–Trinajstić information content (AvgIpc) is 3.03. The summed E-state index contributed by atoms with van der Waals surface area (Å²) >= 11 is 12.9. The van der Waals surface area contributed by atoms with Gasteiger partial charge in [0.15, 0.2) is 22.7 Å². The number of ether oxygens (including phenoxy) is 2. The molecule has 1 amide bonds. The third-order valence-corrected chi connectivity index (χ3v) is 8.94. The van der Waals surface area contributed by atoms with Crippen LogP contribution in [0.1, 0.15) is 86.0 Å². The van der Waals surface area contributed by atoms with E-state index < -0.39 is 5.91 Å². The fourth-order valence-electron chi connectivity index (χ4n) is 6.08. The van der Waals surface area contributed by atoms with E-state index in [4.69, 9.17) is 42.1 Å². The van der Waals surface area contributed by atoms with Crippen molar-refractivity contribution in [2.45, 2.75) is 77.0 Å². The lowest BCUT2D eigenvalue weighted by atomic mass is 9.92. The molecule has 0 spiro atoms. The number of carbonyl (C=O) groups is 1. The van der Waals surface area contributed by atoms with Crippen molar-refractivity contribution in [3.63, 3.8) is 0 Å². The summed E-state index contributed by atoms with van der Waals surface area (Å²) in [5.74, 6) is 0.439. The first-order valence-electron chi connectivity index (χ1n) is 15.9. The van der Waals surface area contributed by atoms with Crippen LogP contribution >= 0.6 is 35.6 Å². The van der Waals surface area contributed by atoms with Gasteiger partial charge in [0.25, 0.3) is 5.91 Å². The number of nitrogens with zero attached hydrogens (tertiary/aromatic N) is 1. The Balaban J connectivity index is 0.00000480. The second kappa shape index (κ2) is 17.1. The van der Waals surface area contributed by atoms with Crippen LogP contribution in [0.5, 0.6) is 11.5 Å². The Bertz CT molecular complexity index is 1730. The molecule has 4 aromatic rings. The highest BCUT2D eigenvalue weighted by Gasteiger charge is 2.20. The number of benzene rings is 2. The van der Waals surface area contributed by atoms with Crippen LogP contribution in [0.15, 0.2) is 39.5 Å². The van der Waals surface area contributed by atoms with Crippen LogP contribution in [-0.2, 0) is 12.8 Å². The molecule has 0 saturated heterocycles. The minimum Gasteiger partial charge on any atom is -0.493 e. The zero-order valence-corrected chi connectivity index (χ0v) is 28.8. The Morgan fingerprint density at radius 1 is 0.870 bits per heavy atom. The average molecular weight is 691 g/mol. The highest BCUT2D eigenvalue weighted by molar-refractivity contribution is 6.39. The maximum atomic E-state index is 12.6. The van der Waals surface area contributed by atoms with E-state index in [0.29, 0.717) is 33.5 Å². The van der Waals surface area contributed by atoms with Gasteiger partial charge in [0.05, 0.1) is 35.8 Å². The number of halogens is 3. The lowest BCUT2D eigenvalue weighted by molar-refractivity contribution is 0.0925. The van der Waals surface area contributed by atoms with Gasteiger partial charge in [-0.3, -0.25) is 14.6 Å². The van der Waals surface area contributed by atoms with E-state index in [1.165, 1.54) is 70.1 Å². The number of unbranched alkanes of at least 4 members (excludes halogenated alkanes) is 7. The number of rotatable bonds is 15. The first-order valence-corrected chi connectivity index (χ1v) is 16.7. The molecule has 8 nitrogen and oxygen atoms in total. The topological polar surface area (TPSA) is 103 Å². The van der Waals surface area contributed by atoms with Crippen LogP contribution < -0.4 is 25.5 Å². The molecular weight excluding hydrogens is 649 g/mol. The number of amides is 1. The van der Waals surface area contributed by atoms with Crippen LogP contribution in [0.4, 0.5) is 5.69 Å². The second-order valence-electron chi connectivity index (χ2n) is 11.6. The zero-order valence-electron chi connectivity index (χ0n) is 26.4. The minimum atomic E-state index is -0.399. The van der Waals surface area contributed by atoms with Crippen LogP contribution in [0, 0.1) is 0 Å². The molecule has 2 aromatic heterocycles. The molecule has 0 atom stereocenters. The number of methoxy groups -OCH3 is 2. The number of anilines is 1. The molecule has 0 radical (unpaired) electrons. The lowest BCUT2D eigenvalue weighted by Gasteiger charge is -2.22. The number of nitrogens with one attached hydrogen (secondary N) is 2. The fraction of sp³-hybridized carbons (Fsp3) is 0.457. The van der Waals surface area contributed by atoms with Crippen molar-refractivity contribution in [1.82, 2.24) is 10.3 Å². The van der Waals surface area contributed by atoms with Crippen LogP contribution in [0.2, 0.25) is 10.0 Å². The van der Waals surface area contributed by atoms with Crippen molar-refractivity contribution in [1.29, 1.82) is 0 Å². The molecule has 0 unspecified atom stereocenters. The summed E-state index contributed by atoms with van der Waals surface area (Å²) < 4.78 is 16.2. The number of carbonyl (C=O) groups excluding carboxylic acids is 1. The van der Waals surface area contributed by atoms with Crippen molar-refractivity contribution in [3.05, 3.63) is 67.6 Å². The van der Waals surface area contributed by atoms with Gasteiger partial charge in [0, 0.05) is 41.3 Å². The predicted molar refractivity (Wildman–Crippen MR) is 189 cm³/mol. The summed E-state index contributed by atoms with van der Waals surface area (Å²) in [6.07, 6.45) is 13.3. The van der Waals surface area contributed by atoms with Crippen molar-refractivity contribution >= 4 is 69.1 Å². The number of aryl methyl sites for hydroxylation is 1. The molecule has 2 heterocycles. The van der Waals surface area contributed by atoms with Gasteiger partial charge in [0.1, 0.15) is 5.58 Å². The van der Waals surface area contributed by atoms with Gasteiger partial charge in [-0.1, -0.05) is 61.7 Å². The molecule has 0 aliphatic heterocycles. The van der Waals surface area contributed by atoms with Gasteiger partial charge in [0.2, 0.25) is 0 Å². The Kier molecular flexibility index (Phi) is 13.2. The maximum absolute atomic E-state index is 12.6. The number of pyridine rings is 1. The molecule has 2 N–H and O–H groups in total. The lowest BCUT2D eigenvalue weighted by Crippen LogP contribution is -2.25. The molecule has 0 saturated carbocycles. The van der Waals surface area contributed by atoms with Gasteiger partial charge in [-0.05, 0) is 62.3 Å². The number of hydrogen-bond donors (Lipinski definition) is 2. The Morgan fingerprint density at radius 2 is 1.52 bits per heavy atom. The van der Waals surface area contributed by atoms with Gasteiger partial charge in [-0.15, -0.1) is 12.4 Å². The summed E-state index contributed by atoms with van der Waals surface area (Å²) in [6, 6.07) is 8.06. The highest BCUT2D eigenvalue weighted by atomic mass is 35.5. The van der Waals surface area contributed by atoms with Gasteiger partial charge in [-0.25, -0.2) is 0 Å². The van der Waals surface area contributed by atoms with E-state index in [1.807, 2.05) is 6.07 Å². The van der Waals surface area contributed by atoms with Crippen LogP contribution in [-0.4, -0.2) is 38.2 Å². The van der Waals surface area contributed by atoms with Crippen molar-refractivity contribution in [3.8, 4) is 11.5 Å². The third-order valence-electron chi connectivity index (χ3n) is 8.43. The minimum absolute atomic E-state index is 0. The largest absolute Gasteiger partial charge is 0.493 e. The summed E-state index contributed by atoms with van der Waals surface area (Å²) in [4.78, 5) is 30.1. The zero-order chi connectivity index (χ0) is 31.8. The van der Waals surface area contributed by atoms with E-state index in [0.717, 1.165) is 61.7 Å². The van der Waals surface area contributed by atoms with Crippen LogP contribution in [0.25, 0.3) is 21.9 Å². The molecule has 1 aliphatic rings. The highest BCUT2D eigenvalue weighted by Crippen LogP contribution is 2.38. The molecule has 248 valence electrons. The first-order chi connectivity index (χ1) is 21.9. The van der Waals surface area contributed by atoms with Gasteiger partial charge < -0.3 is 24.5 Å². The van der Waals surface area contributed by atoms with Crippen LogP contribution in [0.3, 0.4) is 0 Å².